The summed E-state index contributed by atoms with van der Waals surface area (Å²) < 4.78 is 11.7. The Kier molecular flexibility index (Phi) is 5.18. The number of nitrogens with one attached hydrogen (secondary N) is 1. The lowest BCUT2D eigenvalue weighted by Gasteiger charge is -2.17. The summed E-state index contributed by atoms with van der Waals surface area (Å²) in [5, 5.41) is 2.80. The lowest BCUT2D eigenvalue weighted by molar-refractivity contribution is 0.0958. The molecule has 0 spiro atoms. The number of amides is 1. The normalized spacial score (nSPS) is 13.8. The number of hydrogen-bond donors (Lipinski definition) is 1. The number of carbonyl (C=O) groups excluding carboxylic acids is 1. The smallest absolute Gasteiger partial charge is 0.252 e. The van der Waals surface area contributed by atoms with Gasteiger partial charge in [0.05, 0.1) is 6.54 Å². The van der Waals surface area contributed by atoms with Gasteiger partial charge in [-0.3, -0.25) is 4.79 Å². The monoisotopic (exact) mass is 349 g/mol. The quantitative estimate of drug-likeness (QED) is 0.859. The van der Waals surface area contributed by atoms with Crippen LogP contribution in [0.15, 0.2) is 42.5 Å². The lowest BCUT2D eigenvalue weighted by atomic mass is 10.0. The van der Waals surface area contributed by atoms with E-state index in [4.69, 9.17) is 9.47 Å². The fourth-order valence-corrected chi connectivity index (χ4v) is 2.98. The van der Waals surface area contributed by atoms with Crippen LogP contribution in [0.4, 0.5) is 0 Å². The first-order valence-corrected chi connectivity index (χ1v) is 8.69. The molecule has 0 aromatic heterocycles. The van der Waals surface area contributed by atoms with Crippen molar-refractivity contribution in [2.75, 3.05) is 13.2 Å². The van der Waals surface area contributed by atoms with E-state index in [0.717, 1.165) is 23.3 Å². The third-order valence-electron chi connectivity index (χ3n) is 4.21. The number of para-hydroxylation sites is 1. The van der Waals surface area contributed by atoms with E-state index >= 15 is 0 Å². The van der Waals surface area contributed by atoms with Crippen LogP contribution in [0.2, 0.25) is 0 Å². The number of hydrogen-bond acceptors (Lipinski definition) is 3. The van der Waals surface area contributed by atoms with Gasteiger partial charge in [0.2, 0.25) is 0 Å². The van der Waals surface area contributed by atoms with E-state index in [0.29, 0.717) is 11.3 Å². The molecule has 134 valence electrons. The van der Waals surface area contributed by atoms with Gasteiger partial charge < -0.3 is 14.8 Å². The molecule has 0 atom stereocenters. The third-order valence-corrected chi connectivity index (χ3v) is 4.21. The maximum absolute atomic E-state index is 12.1. The molecule has 0 aliphatic carbocycles. The fourth-order valence-electron chi connectivity index (χ4n) is 2.98. The summed E-state index contributed by atoms with van der Waals surface area (Å²) in [5.41, 5.74) is 2.58. The minimum atomic E-state index is -0.201. The molecule has 0 unspecified atom stereocenters. The van der Waals surface area contributed by atoms with Gasteiger partial charge in [0.1, 0.15) is 12.2 Å². The van der Waals surface area contributed by atoms with E-state index in [1.807, 2.05) is 37.3 Å². The largest absolute Gasteiger partial charge is 0.483 e. The van der Waals surface area contributed by atoms with Crippen molar-refractivity contribution in [3.8, 4) is 23.3 Å². The van der Waals surface area contributed by atoms with Crippen molar-refractivity contribution in [1.29, 1.82) is 0 Å². The predicted molar refractivity (Wildman–Crippen MR) is 102 cm³/mol. The minimum Gasteiger partial charge on any atom is -0.483 e. The molecule has 26 heavy (non-hydrogen) atoms. The van der Waals surface area contributed by atoms with Gasteiger partial charge in [-0.25, -0.2) is 0 Å². The van der Waals surface area contributed by atoms with Crippen molar-refractivity contribution >= 4 is 5.91 Å². The second-order valence-corrected chi connectivity index (χ2v) is 6.92. The Balaban J connectivity index is 1.50. The molecule has 0 saturated carbocycles. The van der Waals surface area contributed by atoms with Gasteiger partial charge in [-0.15, -0.1) is 0 Å². The zero-order valence-corrected chi connectivity index (χ0v) is 15.4. The van der Waals surface area contributed by atoms with Crippen molar-refractivity contribution in [2.24, 2.45) is 0 Å². The first kappa shape index (κ1) is 17.9. The highest BCUT2D eigenvalue weighted by Gasteiger charge is 2.32. The highest BCUT2D eigenvalue weighted by atomic mass is 16.5. The third kappa shape index (κ3) is 4.18. The molecule has 4 nitrogen and oxygen atoms in total. The van der Waals surface area contributed by atoms with Gasteiger partial charge in [0, 0.05) is 17.5 Å². The Labute approximate surface area is 154 Å². The number of fused-ring (bicyclic) bond motifs is 1. The molecular formula is C22H23NO3. The van der Waals surface area contributed by atoms with Gasteiger partial charge in [-0.2, -0.15) is 0 Å². The van der Waals surface area contributed by atoms with E-state index < -0.39 is 0 Å². The summed E-state index contributed by atoms with van der Waals surface area (Å²) in [6.07, 6.45) is 0.871. The van der Waals surface area contributed by atoms with Crippen LogP contribution in [0.1, 0.15) is 35.3 Å². The number of carbonyl (C=O) groups is 1. The standard InChI is InChI=1S/C22H23NO3/c1-16-9-4-5-11-18(16)21(24)23-13-6-7-14-25-19-12-8-10-17-15-22(2,3)26-20(17)19/h4-5,8-12H,13-15H2,1-3H3,(H,23,24). The molecule has 0 bridgehead atoms. The van der Waals surface area contributed by atoms with Gasteiger partial charge in [0.15, 0.2) is 11.5 Å². The number of aryl methyl sites for hydroxylation is 1. The Bertz CT molecular complexity index is 874. The van der Waals surface area contributed by atoms with Crippen molar-refractivity contribution < 1.29 is 14.3 Å². The zero-order chi connectivity index (χ0) is 18.6. The average molecular weight is 349 g/mol. The zero-order valence-electron chi connectivity index (χ0n) is 15.4. The molecule has 1 amide bonds. The number of rotatable bonds is 4. The topological polar surface area (TPSA) is 47.6 Å². The minimum absolute atomic E-state index is 0.116. The first-order valence-electron chi connectivity index (χ1n) is 8.69. The number of benzene rings is 2. The summed E-state index contributed by atoms with van der Waals surface area (Å²) in [4.78, 5) is 12.1. The molecule has 1 heterocycles. The number of ether oxygens (including phenoxy) is 2. The van der Waals surface area contributed by atoms with E-state index in [9.17, 15) is 4.79 Å². The summed E-state index contributed by atoms with van der Waals surface area (Å²) >= 11 is 0. The highest BCUT2D eigenvalue weighted by molar-refractivity contribution is 5.95. The van der Waals surface area contributed by atoms with Crippen LogP contribution in [0.5, 0.6) is 11.5 Å². The Morgan fingerprint density at radius 1 is 1.19 bits per heavy atom. The molecule has 4 heteroatoms. The molecule has 1 aliphatic heterocycles. The SMILES string of the molecule is Cc1ccccc1C(=O)NCC#CCOc1cccc2c1OC(C)(C)C2. The molecule has 0 radical (unpaired) electrons. The summed E-state index contributed by atoms with van der Waals surface area (Å²) in [6.45, 7) is 6.57. The van der Waals surface area contributed by atoms with Crippen molar-refractivity contribution in [3.05, 3.63) is 59.2 Å². The highest BCUT2D eigenvalue weighted by Crippen LogP contribution is 2.41. The predicted octanol–water partition coefficient (Wildman–Crippen LogP) is 3.52. The molecule has 2 aromatic rings. The molecule has 3 rings (SSSR count). The maximum Gasteiger partial charge on any atom is 0.252 e. The van der Waals surface area contributed by atoms with Crippen molar-refractivity contribution in [2.45, 2.75) is 32.8 Å². The Morgan fingerprint density at radius 2 is 2.00 bits per heavy atom. The van der Waals surface area contributed by atoms with Crippen molar-refractivity contribution in [1.82, 2.24) is 5.32 Å². The van der Waals surface area contributed by atoms with Gasteiger partial charge in [0.25, 0.3) is 5.91 Å². The van der Waals surface area contributed by atoms with E-state index in [1.165, 1.54) is 0 Å². The molecule has 0 saturated heterocycles. The van der Waals surface area contributed by atoms with Gasteiger partial charge in [-0.05, 0) is 38.5 Å². The van der Waals surface area contributed by atoms with Gasteiger partial charge >= 0.3 is 0 Å². The summed E-state index contributed by atoms with van der Waals surface area (Å²) in [5.74, 6) is 7.25. The molecule has 0 fully saturated rings. The molecule has 1 N–H and O–H groups in total. The van der Waals surface area contributed by atoms with Crippen LogP contribution < -0.4 is 14.8 Å². The van der Waals surface area contributed by atoms with E-state index in [-0.39, 0.29) is 24.7 Å². The second-order valence-electron chi connectivity index (χ2n) is 6.92. The maximum atomic E-state index is 12.1. The average Bonchev–Trinajstić information content (AvgIpc) is 2.92. The van der Waals surface area contributed by atoms with Crippen LogP contribution in [0.3, 0.4) is 0 Å². The van der Waals surface area contributed by atoms with E-state index in [1.54, 1.807) is 6.07 Å². The fraction of sp³-hybridized carbons (Fsp3) is 0.318. The van der Waals surface area contributed by atoms with Gasteiger partial charge in [-0.1, -0.05) is 42.2 Å². The van der Waals surface area contributed by atoms with Crippen LogP contribution in [0, 0.1) is 18.8 Å². The van der Waals surface area contributed by atoms with Crippen LogP contribution >= 0.6 is 0 Å². The molecular weight excluding hydrogens is 326 g/mol. The molecule has 1 aliphatic rings. The summed E-state index contributed by atoms with van der Waals surface area (Å²) in [6, 6.07) is 13.4. The van der Waals surface area contributed by atoms with E-state index in [2.05, 4.69) is 37.1 Å². The Morgan fingerprint density at radius 3 is 2.81 bits per heavy atom. The van der Waals surface area contributed by atoms with Crippen LogP contribution in [-0.2, 0) is 6.42 Å². The lowest BCUT2D eigenvalue weighted by Crippen LogP contribution is -2.24. The van der Waals surface area contributed by atoms with Crippen LogP contribution in [0.25, 0.3) is 0 Å². The van der Waals surface area contributed by atoms with Crippen LogP contribution in [-0.4, -0.2) is 24.7 Å². The molecule has 2 aromatic carbocycles. The summed E-state index contributed by atoms with van der Waals surface area (Å²) in [7, 11) is 0. The second kappa shape index (κ2) is 7.53. The first-order chi connectivity index (χ1) is 12.5. The van der Waals surface area contributed by atoms with Crippen molar-refractivity contribution in [3.63, 3.8) is 0 Å². The Hall–Kier alpha value is -2.93.